The number of hydrogen-bond acceptors (Lipinski definition) is 4. The highest BCUT2D eigenvalue weighted by molar-refractivity contribution is 5.97. The Balaban J connectivity index is 1.32. The number of hydrogen-bond donors (Lipinski definition) is 3. The molecule has 0 atom stereocenters. The van der Waals surface area contributed by atoms with Gasteiger partial charge in [0.15, 0.2) is 11.5 Å². The van der Waals surface area contributed by atoms with Crippen molar-refractivity contribution in [1.29, 1.82) is 0 Å². The summed E-state index contributed by atoms with van der Waals surface area (Å²) < 4.78 is 10.6. The molecule has 3 N–H and O–H groups in total. The molecule has 7 nitrogen and oxygen atoms in total. The van der Waals surface area contributed by atoms with Crippen molar-refractivity contribution in [1.82, 2.24) is 10.6 Å². The van der Waals surface area contributed by atoms with Crippen LogP contribution in [-0.4, -0.2) is 24.8 Å². The zero-order valence-corrected chi connectivity index (χ0v) is 14.1. The van der Waals surface area contributed by atoms with Crippen molar-refractivity contribution in [3.8, 4) is 11.5 Å². The summed E-state index contributed by atoms with van der Waals surface area (Å²) in [6.07, 6.45) is 2.07. The number of amides is 3. The molecule has 1 saturated carbocycles. The van der Waals surface area contributed by atoms with Crippen LogP contribution in [-0.2, 0) is 6.54 Å². The molecule has 0 saturated heterocycles. The summed E-state index contributed by atoms with van der Waals surface area (Å²) in [6.45, 7) is 0.571. The molecule has 0 bridgehead atoms. The number of benzene rings is 2. The van der Waals surface area contributed by atoms with Crippen LogP contribution in [0.25, 0.3) is 0 Å². The minimum atomic E-state index is -0.345. The van der Waals surface area contributed by atoms with E-state index in [1.54, 1.807) is 24.3 Å². The minimum Gasteiger partial charge on any atom is -0.454 e. The first-order valence-electron chi connectivity index (χ1n) is 8.52. The second kappa shape index (κ2) is 6.95. The van der Waals surface area contributed by atoms with Crippen LogP contribution in [0.15, 0.2) is 42.5 Å². The van der Waals surface area contributed by atoms with Gasteiger partial charge < -0.3 is 25.4 Å². The summed E-state index contributed by atoms with van der Waals surface area (Å²) in [6, 6.07) is 12.4. The van der Waals surface area contributed by atoms with Crippen molar-refractivity contribution in [3.05, 3.63) is 53.6 Å². The molecule has 1 heterocycles. The highest BCUT2D eigenvalue weighted by Gasteiger charge is 2.23. The maximum absolute atomic E-state index is 12.1. The molecule has 0 spiro atoms. The first kappa shape index (κ1) is 16.3. The van der Waals surface area contributed by atoms with Crippen LogP contribution < -0.4 is 25.4 Å². The van der Waals surface area contributed by atoms with Gasteiger partial charge in [0.1, 0.15) is 0 Å². The van der Waals surface area contributed by atoms with E-state index in [-0.39, 0.29) is 18.7 Å². The third-order valence-corrected chi connectivity index (χ3v) is 4.19. The fraction of sp³-hybridized carbons (Fsp3) is 0.263. The normalized spacial score (nSPS) is 14.6. The Hall–Kier alpha value is -3.22. The Bertz CT molecular complexity index is 848. The molecule has 0 radical (unpaired) electrons. The van der Waals surface area contributed by atoms with E-state index in [2.05, 4.69) is 16.0 Å². The van der Waals surface area contributed by atoms with Crippen molar-refractivity contribution >= 4 is 17.6 Å². The van der Waals surface area contributed by atoms with E-state index < -0.39 is 0 Å². The van der Waals surface area contributed by atoms with Crippen LogP contribution in [0.5, 0.6) is 11.5 Å². The second-order valence-electron chi connectivity index (χ2n) is 6.32. The van der Waals surface area contributed by atoms with E-state index in [0.29, 0.717) is 35.3 Å². The van der Waals surface area contributed by atoms with E-state index >= 15 is 0 Å². The average Bonchev–Trinajstić information content (AvgIpc) is 3.33. The number of fused-ring (bicyclic) bond motifs is 1. The van der Waals surface area contributed by atoms with Crippen LogP contribution in [0.3, 0.4) is 0 Å². The SMILES string of the molecule is O=C(NCc1ccc2c(c1)OCO2)Nc1cccc(C(=O)NC2CC2)c1. The highest BCUT2D eigenvalue weighted by Crippen LogP contribution is 2.32. The van der Waals surface area contributed by atoms with Gasteiger partial charge in [0.05, 0.1) is 0 Å². The van der Waals surface area contributed by atoms with Gasteiger partial charge >= 0.3 is 6.03 Å². The predicted molar refractivity (Wildman–Crippen MR) is 95.4 cm³/mol. The summed E-state index contributed by atoms with van der Waals surface area (Å²) in [5, 5.41) is 8.45. The third kappa shape index (κ3) is 3.88. The summed E-state index contributed by atoms with van der Waals surface area (Å²) in [4.78, 5) is 24.2. The second-order valence-corrected chi connectivity index (χ2v) is 6.32. The highest BCUT2D eigenvalue weighted by atomic mass is 16.7. The van der Waals surface area contributed by atoms with E-state index in [1.165, 1.54) is 0 Å². The molecule has 0 unspecified atom stereocenters. The molecule has 3 amide bonds. The lowest BCUT2D eigenvalue weighted by atomic mass is 10.2. The summed E-state index contributed by atoms with van der Waals surface area (Å²) in [5.74, 6) is 1.27. The van der Waals surface area contributed by atoms with Gasteiger partial charge in [-0.3, -0.25) is 4.79 Å². The molecule has 2 aromatic rings. The number of nitrogens with one attached hydrogen (secondary N) is 3. The number of anilines is 1. The summed E-state index contributed by atoms with van der Waals surface area (Å²) >= 11 is 0. The smallest absolute Gasteiger partial charge is 0.319 e. The van der Waals surface area contributed by atoms with E-state index in [4.69, 9.17) is 9.47 Å². The molecule has 1 aliphatic carbocycles. The van der Waals surface area contributed by atoms with Crippen molar-refractivity contribution < 1.29 is 19.1 Å². The Morgan fingerprint density at radius 1 is 1.04 bits per heavy atom. The van der Waals surface area contributed by atoms with Gasteiger partial charge in [-0.1, -0.05) is 12.1 Å². The van der Waals surface area contributed by atoms with Gasteiger partial charge in [-0.25, -0.2) is 4.79 Å². The maximum Gasteiger partial charge on any atom is 0.319 e. The summed E-state index contributed by atoms with van der Waals surface area (Å²) in [7, 11) is 0. The molecule has 2 aliphatic rings. The molecule has 134 valence electrons. The maximum atomic E-state index is 12.1. The zero-order valence-electron chi connectivity index (χ0n) is 14.1. The Kier molecular flexibility index (Phi) is 4.35. The van der Waals surface area contributed by atoms with Crippen LogP contribution >= 0.6 is 0 Å². The first-order valence-corrected chi connectivity index (χ1v) is 8.52. The number of carbonyl (C=O) groups is 2. The van der Waals surface area contributed by atoms with Gasteiger partial charge in [0, 0.05) is 23.8 Å². The third-order valence-electron chi connectivity index (χ3n) is 4.19. The largest absolute Gasteiger partial charge is 0.454 e. The van der Waals surface area contributed by atoms with Crippen molar-refractivity contribution in [2.45, 2.75) is 25.4 Å². The number of ether oxygens (including phenoxy) is 2. The Labute approximate surface area is 150 Å². The topological polar surface area (TPSA) is 88.7 Å². The molecule has 0 aromatic heterocycles. The number of carbonyl (C=O) groups excluding carboxylic acids is 2. The van der Waals surface area contributed by atoms with E-state index in [1.807, 2.05) is 18.2 Å². The fourth-order valence-corrected chi connectivity index (χ4v) is 2.64. The van der Waals surface area contributed by atoms with Crippen LogP contribution in [0.2, 0.25) is 0 Å². The molecule has 26 heavy (non-hydrogen) atoms. The molecule has 1 aliphatic heterocycles. The van der Waals surface area contributed by atoms with Gasteiger partial charge in [0.2, 0.25) is 6.79 Å². The van der Waals surface area contributed by atoms with Crippen molar-refractivity contribution in [2.75, 3.05) is 12.1 Å². The standard InChI is InChI=1S/C19H19N3O4/c23-18(21-14-5-6-14)13-2-1-3-15(9-13)22-19(24)20-10-12-4-7-16-17(8-12)26-11-25-16/h1-4,7-9,14H,5-6,10-11H2,(H,21,23)(H2,20,22,24). The number of rotatable bonds is 5. The van der Waals surface area contributed by atoms with Gasteiger partial charge in [0.25, 0.3) is 5.91 Å². The fourth-order valence-electron chi connectivity index (χ4n) is 2.64. The van der Waals surface area contributed by atoms with Crippen LogP contribution in [0.4, 0.5) is 10.5 Å². The van der Waals surface area contributed by atoms with E-state index in [0.717, 1.165) is 18.4 Å². The molecular formula is C19H19N3O4. The average molecular weight is 353 g/mol. The van der Waals surface area contributed by atoms with Gasteiger partial charge in [-0.15, -0.1) is 0 Å². The lowest BCUT2D eigenvalue weighted by molar-refractivity contribution is 0.0951. The zero-order chi connectivity index (χ0) is 17.9. The summed E-state index contributed by atoms with van der Waals surface area (Å²) in [5.41, 5.74) is 2.00. The van der Waals surface area contributed by atoms with E-state index in [9.17, 15) is 9.59 Å². The molecule has 4 rings (SSSR count). The van der Waals surface area contributed by atoms with Crippen LogP contribution in [0.1, 0.15) is 28.8 Å². The Morgan fingerprint density at radius 3 is 2.73 bits per heavy atom. The number of urea groups is 1. The monoisotopic (exact) mass is 353 g/mol. The van der Waals surface area contributed by atoms with Crippen LogP contribution in [0, 0.1) is 0 Å². The van der Waals surface area contributed by atoms with Crippen molar-refractivity contribution in [3.63, 3.8) is 0 Å². The molecule has 2 aromatic carbocycles. The van der Waals surface area contributed by atoms with Gasteiger partial charge in [-0.05, 0) is 48.7 Å². The Morgan fingerprint density at radius 2 is 1.88 bits per heavy atom. The lowest BCUT2D eigenvalue weighted by Crippen LogP contribution is -2.28. The lowest BCUT2D eigenvalue weighted by Gasteiger charge is -2.10. The minimum absolute atomic E-state index is 0.114. The van der Waals surface area contributed by atoms with Gasteiger partial charge in [-0.2, -0.15) is 0 Å². The van der Waals surface area contributed by atoms with Crippen molar-refractivity contribution in [2.24, 2.45) is 0 Å². The first-order chi connectivity index (χ1) is 12.7. The quantitative estimate of drug-likeness (QED) is 0.771. The predicted octanol–water partition coefficient (Wildman–Crippen LogP) is 2.63. The molecular weight excluding hydrogens is 334 g/mol. The molecule has 7 heteroatoms. The molecule has 1 fully saturated rings.